The summed E-state index contributed by atoms with van der Waals surface area (Å²) in [6.07, 6.45) is 3.86. The molecule has 10 rings (SSSR count). The molecule has 0 spiro atoms. The van der Waals surface area contributed by atoms with E-state index in [-0.39, 0.29) is 0 Å². The van der Waals surface area contributed by atoms with Crippen molar-refractivity contribution in [1.82, 2.24) is 24.1 Å². The normalized spacial score (nSPS) is 12.1. The zero-order valence-electron chi connectivity index (χ0n) is 23.5. The number of rotatable bonds is 2. The molecule has 0 aliphatic carbocycles. The average molecular weight is 562 g/mol. The molecule has 0 bridgehead atoms. The second-order valence-electron chi connectivity index (χ2n) is 11.3. The second kappa shape index (κ2) is 8.72. The number of para-hydroxylation sites is 3. The first-order chi connectivity index (χ1) is 21.9. The van der Waals surface area contributed by atoms with Gasteiger partial charge >= 0.3 is 0 Å². The van der Waals surface area contributed by atoms with Crippen molar-refractivity contribution >= 4 is 76.2 Å². The fraction of sp³-hybridized carbons (Fsp3) is 0. The molecule has 6 aromatic carbocycles. The molecule has 0 atom stereocenters. The first kappa shape index (κ1) is 23.5. The Labute approximate surface area is 251 Å². The number of fused-ring (bicyclic) bond motifs is 13. The van der Waals surface area contributed by atoms with Crippen LogP contribution < -0.4 is 0 Å². The summed E-state index contributed by atoms with van der Waals surface area (Å²) in [5.74, 6) is 0.654. The highest BCUT2D eigenvalue weighted by molar-refractivity contribution is 6.36. The molecule has 10 aromatic rings. The van der Waals surface area contributed by atoms with Crippen LogP contribution in [0.4, 0.5) is 0 Å². The Morgan fingerprint density at radius 1 is 0.432 bits per heavy atom. The molecule has 0 aliphatic heterocycles. The highest BCUT2D eigenvalue weighted by Crippen LogP contribution is 2.45. The van der Waals surface area contributed by atoms with Gasteiger partial charge in [-0.3, -0.25) is 9.55 Å². The molecule has 5 nitrogen and oxygen atoms in total. The highest BCUT2D eigenvalue weighted by Gasteiger charge is 2.25. The first-order valence-corrected chi connectivity index (χ1v) is 14.8. The van der Waals surface area contributed by atoms with Gasteiger partial charge in [0, 0.05) is 55.8 Å². The predicted octanol–water partition coefficient (Wildman–Crippen LogP) is 9.53. The van der Waals surface area contributed by atoms with Crippen LogP contribution in [0.1, 0.15) is 0 Å². The van der Waals surface area contributed by atoms with Gasteiger partial charge in [0.05, 0.1) is 33.1 Å². The average Bonchev–Trinajstić information content (AvgIpc) is 3.62. The van der Waals surface area contributed by atoms with Crippen LogP contribution in [0.3, 0.4) is 0 Å². The molecule has 44 heavy (non-hydrogen) atoms. The van der Waals surface area contributed by atoms with Gasteiger partial charge in [-0.25, -0.2) is 9.97 Å². The predicted molar refractivity (Wildman–Crippen MR) is 181 cm³/mol. The standard InChI is InChI=1S/C39H23N5/c1-2-12-26(13-3-1)43-31-18-8-7-16-29(31)34-37-33(30-17-10-22-40-36(30)38(34)43)28-15-6-9-19-32(28)44(37)39-41-23-25-21-20-24-11-4-5-14-27(24)35(25)42-39/h1-23H. The topological polar surface area (TPSA) is 48.5 Å². The van der Waals surface area contributed by atoms with Crippen LogP contribution in [0.15, 0.2) is 140 Å². The smallest absolute Gasteiger partial charge is 0.235 e. The summed E-state index contributed by atoms with van der Waals surface area (Å²) in [6, 6.07) is 44.7. The van der Waals surface area contributed by atoms with Gasteiger partial charge in [-0.05, 0) is 35.7 Å². The van der Waals surface area contributed by atoms with Crippen LogP contribution in [0, 0.1) is 0 Å². The Morgan fingerprint density at radius 3 is 1.93 bits per heavy atom. The molecule has 0 amide bonds. The Bertz CT molecular complexity index is 2770. The van der Waals surface area contributed by atoms with E-state index in [9.17, 15) is 0 Å². The van der Waals surface area contributed by atoms with Gasteiger partial charge in [0.15, 0.2) is 0 Å². The molecule has 0 fully saturated rings. The van der Waals surface area contributed by atoms with E-state index in [1.165, 1.54) is 5.39 Å². The van der Waals surface area contributed by atoms with Crippen LogP contribution in [0.25, 0.3) is 87.8 Å². The van der Waals surface area contributed by atoms with E-state index in [0.29, 0.717) is 5.95 Å². The van der Waals surface area contributed by atoms with Crippen molar-refractivity contribution in [2.24, 2.45) is 0 Å². The second-order valence-corrected chi connectivity index (χ2v) is 11.3. The van der Waals surface area contributed by atoms with E-state index in [2.05, 4.69) is 130 Å². The summed E-state index contributed by atoms with van der Waals surface area (Å²) in [4.78, 5) is 15.4. The maximum atomic E-state index is 5.31. The fourth-order valence-corrected chi connectivity index (χ4v) is 7.17. The molecule has 0 saturated carbocycles. The third-order valence-corrected chi connectivity index (χ3v) is 8.96. The van der Waals surface area contributed by atoms with Crippen LogP contribution >= 0.6 is 0 Å². The first-order valence-electron chi connectivity index (χ1n) is 14.8. The van der Waals surface area contributed by atoms with Crippen molar-refractivity contribution in [1.29, 1.82) is 0 Å². The molecule has 204 valence electrons. The molecule has 0 aliphatic rings. The number of pyridine rings is 1. The number of aromatic nitrogens is 5. The molecule has 5 heteroatoms. The quantitative estimate of drug-likeness (QED) is 0.198. The zero-order valence-corrected chi connectivity index (χ0v) is 23.5. The number of hydrogen-bond donors (Lipinski definition) is 0. The van der Waals surface area contributed by atoms with E-state index in [0.717, 1.165) is 76.5 Å². The van der Waals surface area contributed by atoms with Gasteiger partial charge in [0.1, 0.15) is 0 Å². The SMILES string of the molecule is c1ccc(-n2c3ccccc3c3c2c2ncccc2c2c4ccccc4n(-c4ncc5ccc6ccccc6c5n4)c23)cc1. The van der Waals surface area contributed by atoms with E-state index < -0.39 is 0 Å². The van der Waals surface area contributed by atoms with Crippen LogP contribution in [0.2, 0.25) is 0 Å². The third kappa shape index (κ3) is 3.05. The van der Waals surface area contributed by atoms with Crippen molar-refractivity contribution in [3.63, 3.8) is 0 Å². The van der Waals surface area contributed by atoms with Gasteiger partial charge in [0.25, 0.3) is 0 Å². The molecule has 0 radical (unpaired) electrons. The lowest BCUT2D eigenvalue weighted by atomic mass is 10.0. The monoisotopic (exact) mass is 561 g/mol. The van der Waals surface area contributed by atoms with Gasteiger partial charge in [-0.1, -0.05) is 97.1 Å². The Kier molecular flexibility index (Phi) is 4.66. The Morgan fingerprint density at radius 2 is 1.09 bits per heavy atom. The van der Waals surface area contributed by atoms with Gasteiger partial charge in [-0.15, -0.1) is 0 Å². The van der Waals surface area contributed by atoms with Gasteiger partial charge < -0.3 is 4.57 Å². The molecular formula is C39H23N5. The summed E-state index contributed by atoms with van der Waals surface area (Å²) < 4.78 is 4.62. The lowest BCUT2D eigenvalue weighted by molar-refractivity contribution is 1.02. The van der Waals surface area contributed by atoms with Gasteiger partial charge in [-0.2, -0.15) is 0 Å². The molecule has 0 unspecified atom stereocenters. The molecule has 0 N–H and O–H groups in total. The number of hydrogen-bond acceptors (Lipinski definition) is 3. The van der Waals surface area contributed by atoms with Crippen molar-refractivity contribution in [3.05, 3.63) is 140 Å². The summed E-state index contributed by atoms with van der Waals surface area (Å²) >= 11 is 0. The highest BCUT2D eigenvalue weighted by atomic mass is 15.2. The summed E-state index contributed by atoms with van der Waals surface area (Å²) in [6.45, 7) is 0. The van der Waals surface area contributed by atoms with E-state index in [1.807, 2.05) is 18.5 Å². The maximum absolute atomic E-state index is 5.31. The van der Waals surface area contributed by atoms with Crippen LogP contribution in [-0.2, 0) is 0 Å². The maximum Gasteiger partial charge on any atom is 0.235 e. The number of benzene rings is 6. The van der Waals surface area contributed by atoms with Crippen molar-refractivity contribution in [2.45, 2.75) is 0 Å². The minimum absolute atomic E-state index is 0.654. The minimum Gasteiger partial charge on any atom is -0.307 e. The lowest BCUT2D eigenvalue weighted by Gasteiger charge is -2.12. The van der Waals surface area contributed by atoms with Crippen LogP contribution in [0.5, 0.6) is 0 Å². The van der Waals surface area contributed by atoms with Gasteiger partial charge in [0.2, 0.25) is 5.95 Å². The Hall–Kier alpha value is -6.07. The largest absolute Gasteiger partial charge is 0.307 e. The molecule has 0 saturated heterocycles. The summed E-state index contributed by atoms with van der Waals surface area (Å²) in [5.41, 5.74) is 7.39. The minimum atomic E-state index is 0.654. The summed E-state index contributed by atoms with van der Waals surface area (Å²) in [7, 11) is 0. The zero-order chi connectivity index (χ0) is 28.8. The Balaban J connectivity index is 1.49. The summed E-state index contributed by atoms with van der Waals surface area (Å²) in [5, 5.41) is 9.04. The third-order valence-electron chi connectivity index (χ3n) is 8.96. The lowest BCUT2D eigenvalue weighted by Crippen LogP contribution is -2.02. The van der Waals surface area contributed by atoms with E-state index in [4.69, 9.17) is 15.0 Å². The van der Waals surface area contributed by atoms with E-state index in [1.54, 1.807) is 0 Å². The van der Waals surface area contributed by atoms with Crippen molar-refractivity contribution in [3.8, 4) is 11.6 Å². The molecular weight excluding hydrogens is 538 g/mol. The number of nitrogens with zero attached hydrogens (tertiary/aromatic N) is 5. The molecule has 4 aromatic heterocycles. The fourth-order valence-electron chi connectivity index (χ4n) is 7.17. The van der Waals surface area contributed by atoms with E-state index >= 15 is 0 Å². The van der Waals surface area contributed by atoms with Crippen LogP contribution in [-0.4, -0.2) is 24.1 Å². The van der Waals surface area contributed by atoms with Crippen molar-refractivity contribution < 1.29 is 0 Å². The molecule has 4 heterocycles. The van der Waals surface area contributed by atoms with Crippen molar-refractivity contribution in [2.75, 3.05) is 0 Å².